The summed E-state index contributed by atoms with van der Waals surface area (Å²) in [4.78, 5) is 5.01. The van der Waals surface area contributed by atoms with Gasteiger partial charge in [-0.05, 0) is 133 Å². The van der Waals surface area contributed by atoms with Crippen LogP contribution < -0.4 is 9.80 Å². The number of aryl methyl sites for hydroxylation is 4. The number of fused-ring (bicyclic) bond motifs is 2. The molecule has 0 heterocycles. The normalized spacial score (nSPS) is 11.9. The lowest BCUT2D eigenvalue weighted by Gasteiger charge is -2.34. The van der Waals surface area contributed by atoms with Gasteiger partial charge in [0.2, 0.25) is 0 Å². The highest BCUT2D eigenvalue weighted by molar-refractivity contribution is 6.23. The van der Waals surface area contributed by atoms with Gasteiger partial charge in [-0.15, -0.1) is 0 Å². The molecule has 0 fully saturated rings. The molecule has 0 saturated heterocycles. The molecule has 318 valence electrons. The van der Waals surface area contributed by atoms with Crippen LogP contribution in [-0.4, -0.2) is 0 Å². The molecule has 2 nitrogen and oxygen atoms in total. The summed E-state index contributed by atoms with van der Waals surface area (Å²) in [5, 5.41) is 4.79. The van der Waals surface area contributed by atoms with Crippen molar-refractivity contribution in [1.29, 1.82) is 0 Å². The van der Waals surface area contributed by atoms with Gasteiger partial charge in [-0.25, -0.2) is 0 Å². The van der Waals surface area contributed by atoms with E-state index >= 15 is 0 Å². The van der Waals surface area contributed by atoms with Crippen molar-refractivity contribution < 1.29 is 0 Å². The summed E-state index contributed by atoms with van der Waals surface area (Å²) < 4.78 is 0. The molecule has 0 aromatic heterocycles. The number of benzene rings is 9. The van der Waals surface area contributed by atoms with Crippen molar-refractivity contribution in [2.24, 2.45) is 0 Å². The molecule has 0 saturated carbocycles. The maximum absolute atomic E-state index is 2.50. The molecule has 0 spiro atoms. The number of hydrogen-bond donors (Lipinski definition) is 0. The Morgan fingerprint density at radius 3 is 0.766 bits per heavy atom. The van der Waals surface area contributed by atoms with E-state index in [9.17, 15) is 0 Å². The zero-order chi connectivity index (χ0) is 44.9. The van der Waals surface area contributed by atoms with Crippen LogP contribution in [0.5, 0.6) is 0 Å². The van der Waals surface area contributed by atoms with E-state index in [2.05, 4.69) is 261 Å². The summed E-state index contributed by atoms with van der Waals surface area (Å²) in [6.45, 7) is 22.5. The first-order valence-corrected chi connectivity index (χ1v) is 22.7. The fourth-order valence-corrected chi connectivity index (χ4v) is 8.90. The molecule has 0 amide bonds. The van der Waals surface area contributed by atoms with Gasteiger partial charge in [-0.3, -0.25) is 0 Å². The van der Waals surface area contributed by atoms with Crippen molar-refractivity contribution in [2.45, 2.75) is 80.1 Å². The fourth-order valence-electron chi connectivity index (χ4n) is 8.90. The molecule has 9 aromatic carbocycles. The predicted octanol–water partition coefficient (Wildman–Crippen LogP) is 18.1. The molecule has 9 rings (SSSR count). The third kappa shape index (κ3) is 8.33. The summed E-state index contributed by atoms with van der Waals surface area (Å²) in [6, 6.07) is 68.5. The second kappa shape index (κ2) is 16.7. The van der Waals surface area contributed by atoms with Crippen LogP contribution in [0.4, 0.5) is 34.1 Å². The molecule has 0 aliphatic rings. The minimum absolute atomic E-state index is 0.0799. The molecule has 0 N–H and O–H groups in total. The molecule has 2 heteroatoms. The number of anilines is 6. The van der Waals surface area contributed by atoms with E-state index in [4.69, 9.17) is 0 Å². The van der Waals surface area contributed by atoms with Crippen LogP contribution >= 0.6 is 0 Å². The highest BCUT2D eigenvalue weighted by atomic mass is 15.2. The van der Waals surface area contributed by atoms with Crippen molar-refractivity contribution in [3.63, 3.8) is 0 Å². The van der Waals surface area contributed by atoms with Crippen LogP contribution in [0.1, 0.15) is 74.9 Å². The molecule has 64 heavy (non-hydrogen) atoms. The van der Waals surface area contributed by atoms with Crippen LogP contribution in [0, 0.1) is 27.7 Å². The Balaban J connectivity index is 1.39. The van der Waals surface area contributed by atoms with Crippen molar-refractivity contribution in [3.05, 3.63) is 215 Å². The van der Waals surface area contributed by atoms with Crippen LogP contribution in [0.2, 0.25) is 0 Å². The molecule has 0 radical (unpaired) electrons. The average molecular weight is 833 g/mol. The minimum Gasteiger partial charge on any atom is -0.309 e. The van der Waals surface area contributed by atoms with Gasteiger partial charge in [0.1, 0.15) is 0 Å². The zero-order valence-corrected chi connectivity index (χ0v) is 39.2. The van der Waals surface area contributed by atoms with Gasteiger partial charge >= 0.3 is 0 Å². The maximum atomic E-state index is 2.50. The lowest BCUT2D eigenvalue weighted by atomic mass is 9.82. The Labute approximate surface area is 381 Å². The van der Waals surface area contributed by atoms with Gasteiger partial charge in [0, 0.05) is 44.3 Å². The Morgan fingerprint density at radius 1 is 0.266 bits per heavy atom. The number of hydrogen-bond acceptors (Lipinski definition) is 2. The average Bonchev–Trinajstić information content (AvgIpc) is 3.28. The van der Waals surface area contributed by atoms with Gasteiger partial charge in [-0.1, -0.05) is 185 Å². The number of nitrogens with zero attached hydrogens (tertiary/aromatic N) is 2. The molecular weight excluding hydrogens is 773 g/mol. The fraction of sp³-hybridized carbons (Fsp3) is 0.194. The summed E-state index contributed by atoms with van der Waals surface area (Å²) in [7, 11) is 0. The van der Waals surface area contributed by atoms with E-state index in [1.54, 1.807) is 0 Å². The van der Waals surface area contributed by atoms with Gasteiger partial charge in [0.15, 0.2) is 0 Å². The van der Waals surface area contributed by atoms with Gasteiger partial charge in [-0.2, -0.15) is 0 Å². The zero-order valence-electron chi connectivity index (χ0n) is 39.2. The minimum atomic E-state index is -0.0799. The van der Waals surface area contributed by atoms with E-state index in [-0.39, 0.29) is 10.8 Å². The van der Waals surface area contributed by atoms with Crippen molar-refractivity contribution >= 4 is 55.7 Å². The molecule has 0 bridgehead atoms. The molecule has 9 aromatic rings. The first-order chi connectivity index (χ1) is 30.6. The molecular formula is C62H60N2. The Hall–Kier alpha value is -6.90. The summed E-state index contributed by atoms with van der Waals surface area (Å²) in [5.74, 6) is 0. The Morgan fingerprint density at radius 2 is 0.500 bits per heavy atom. The molecule has 0 unspecified atom stereocenters. The lowest BCUT2D eigenvalue weighted by molar-refractivity contribution is 0.590. The molecule has 0 aliphatic heterocycles. The second-order valence-electron chi connectivity index (χ2n) is 19.9. The van der Waals surface area contributed by atoms with Crippen LogP contribution in [0.15, 0.2) is 182 Å². The van der Waals surface area contributed by atoms with Gasteiger partial charge < -0.3 is 9.80 Å². The highest BCUT2D eigenvalue weighted by Gasteiger charge is 2.28. The lowest BCUT2D eigenvalue weighted by Crippen LogP contribution is -2.17. The van der Waals surface area contributed by atoms with E-state index < -0.39 is 0 Å². The quantitative estimate of drug-likeness (QED) is 0.111. The first kappa shape index (κ1) is 42.4. The third-order valence-corrected chi connectivity index (χ3v) is 12.8. The maximum Gasteiger partial charge on any atom is 0.0620 e. The smallest absolute Gasteiger partial charge is 0.0620 e. The third-order valence-electron chi connectivity index (χ3n) is 12.8. The summed E-state index contributed by atoms with van der Waals surface area (Å²) in [5.41, 5.74) is 19.0. The highest BCUT2D eigenvalue weighted by Crippen LogP contribution is 2.52. The van der Waals surface area contributed by atoms with Gasteiger partial charge in [0.05, 0.1) is 11.4 Å². The second-order valence-corrected chi connectivity index (χ2v) is 19.9. The van der Waals surface area contributed by atoms with Crippen LogP contribution in [-0.2, 0) is 10.8 Å². The molecule has 0 atom stereocenters. The SMILES string of the molecule is Cc1ccc(-c2ccc(N(c3ccc(C)cc3)c3c4ccc(C(C)(C)C)cc4c(N(c4ccc(C)cc4)c4ccc(-c5ccc(C)cc5)cc4)c4ccc(C(C)(C)C)cc34)cc2)cc1. The summed E-state index contributed by atoms with van der Waals surface area (Å²) in [6.07, 6.45) is 0. The van der Waals surface area contributed by atoms with Crippen LogP contribution in [0.25, 0.3) is 43.8 Å². The largest absolute Gasteiger partial charge is 0.309 e. The Kier molecular flexibility index (Phi) is 11.0. The van der Waals surface area contributed by atoms with Gasteiger partial charge in [0.25, 0.3) is 0 Å². The standard InChI is InChI=1S/C62H60N2/c1-41-11-19-45(20-12-41)47-23-33-53(34-24-47)63(51-29-15-43(3)16-30-51)59-55-37-27-50(62(8,9)10)40-58(55)60(56-38-28-49(39-57(56)59)61(5,6)7)64(52-31-17-44(4)18-32-52)54-35-25-48(26-36-54)46-21-13-42(2)14-22-46/h11-40H,1-10H3. The summed E-state index contributed by atoms with van der Waals surface area (Å²) >= 11 is 0. The van der Waals surface area contributed by atoms with Crippen LogP contribution in [0.3, 0.4) is 0 Å². The first-order valence-electron chi connectivity index (χ1n) is 22.7. The monoisotopic (exact) mass is 832 g/mol. The van der Waals surface area contributed by atoms with E-state index in [1.807, 2.05) is 0 Å². The van der Waals surface area contributed by atoms with Crippen molar-refractivity contribution in [3.8, 4) is 22.3 Å². The predicted molar refractivity (Wildman–Crippen MR) is 278 cm³/mol. The van der Waals surface area contributed by atoms with E-state index in [0.29, 0.717) is 0 Å². The van der Waals surface area contributed by atoms with E-state index in [1.165, 1.54) is 88.6 Å². The number of rotatable bonds is 8. The van der Waals surface area contributed by atoms with Crippen molar-refractivity contribution in [2.75, 3.05) is 9.80 Å². The molecule has 0 aliphatic carbocycles. The Bertz CT molecular complexity index is 2870. The topological polar surface area (TPSA) is 6.48 Å². The van der Waals surface area contributed by atoms with Crippen molar-refractivity contribution in [1.82, 2.24) is 0 Å². The van der Waals surface area contributed by atoms with E-state index in [0.717, 1.165) is 22.7 Å².